The van der Waals surface area contributed by atoms with Crippen molar-refractivity contribution >= 4 is 0 Å². The van der Waals surface area contributed by atoms with Gasteiger partial charge in [0.15, 0.2) is 23.0 Å². The first-order valence-electron chi connectivity index (χ1n) is 9.76. The summed E-state index contributed by atoms with van der Waals surface area (Å²) in [5.74, 6) is 3.17. The highest BCUT2D eigenvalue weighted by molar-refractivity contribution is 5.39. The standard InChI is InChI=1S/C22H30N2O4/c1-25-19-7-3-5-9-21(19)27-17-15-23-11-13-24(14-12-23)16-18-28-22-10-6-4-8-20(22)26-2/h3-10H,11-18H2,1-2H3. The van der Waals surface area contributed by atoms with E-state index in [1.54, 1.807) is 14.2 Å². The van der Waals surface area contributed by atoms with E-state index in [1.165, 1.54) is 0 Å². The molecule has 1 aliphatic rings. The number of methoxy groups -OCH3 is 2. The zero-order valence-electron chi connectivity index (χ0n) is 16.8. The van der Waals surface area contributed by atoms with Crippen molar-refractivity contribution in [1.29, 1.82) is 0 Å². The Bertz CT molecular complexity index is 656. The Hall–Kier alpha value is -2.44. The highest BCUT2D eigenvalue weighted by atomic mass is 16.5. The fraction of sp³-hybridized carbons (Fsp3) is 0.455. The zero-order valence-corrected chi connectivity index (χ0v) is 16.8. The fourth-order valence-corrected chi connectivity index (χ4v) is 3.28. The largest absolute Gasteiger partial charge is 0.493 e. The van der Waals surface area contributed by atoms with Crippen LogP contribution in [0.2, 0.25) is 0 Å². The lowest BCUT2D eigenvalue weighted by atomic mass is 10.3. The molecule has 3 rings (SSSR count). The molecule has 0 aromatic heterocycles. The molecular weight excluding hydrogens is 356 g/mol. The Morgan fingerprint density at radius 1 is 0.607 bits per heavy atom. The molecule has 0 amide bonds. The molecule has 6 nitrogen and oxygen atoms in total. The van der Waals surface area contributed by atoms with Gasteiger partial charge in [-0.15, -0.1) is 0 Å². The van der Waals surface area contributed by atoms with E-state index in [1.807, 2.05) is 48.5 Å². The summed E-state index contributed by atoms with van der Waals surface area (Å²) in [5, 5.41) is 0. The normalized spacial score (nSPS) is 15.2. The second-order valence-corrected chi connectivity index (χ2v) is 6.68. The smallest absolute Gasteiger partial charge is 0.161 e. The monoisotopic (exact) mass is 386 g/mol. The highest BCUT2D eigenvalue weighted by Crippen LogP contribution is 2.26. The molecule has 0 N–H and O–H groups in total. The number of ether oxygens (including phenoxy) is 4. The second-order valence-electron chi connectivity index (χ2n) is 6.68. The number of rotatable bonds is 10. The Morgan fingerprint density at radius 2 is 0.964 bits per heavy atom. The maximum absolute atomic E-state index is 5.88. The van der Waals surface area contributed by atoms with Crippen molar-refractivity contribution in [3.8, 4) is 23.0 Å². The summed E-state index contributed by atoms with van der Waals surface area (Å²) in [6.07, 6.45) is 0. The van der Waals surface area contributed by atoms with Gasteiger partial charge < -0.3 is 18.9 Å². The lowest BCUT2D eigenvalue weighted by Gasteiger charge is -2.34. The number of benzene rings is 2. The van der Waals surface area contributed by atoms with Gasteiger partial charge in [0, 0.05) is 39.3 Å². The Kier molecular flexibility index (Phi) is 7.82. The maximum atomic E-state index is 5.88. The van der Waals surface area contributed by atoms with Crippen molar-refractivity contribution in [3.05, 3.63) is 48.5 Å². The van der Waals surface area contributed by atoms with Crippen LogP contribution in [0, 0.1) is 0 Å². The van der Waals surface area contributed by atoms with Gasteiger partial charge in [0.2, 0.25) is 0 Å². The van der Waals surface area contributed by atoms with Crippen LogP contribution in [-0.4, -0.2) is 76.5 Å². The molecule has 152 valence electrons. The van der Waals surface area contributed by atoms with E-state index < -0.39 is 0 Å². The maximum Gasteiger partial charge on any atom is 0.161 e. The summed E-state index contributed by atoms with van der Waals surface area (Å²) >= 11 is 0. The van der Waals surface area contributed by atoms with Crippen molar-refractivity contribution in [1.82, 2.24) is 9.80 Å². The molecule has 2 aromatic rings. The Labute approximate surface area is 167 Å². The van der Waals surface area contributed by atoms with E-state index in [0.29, 0.717) is 13.2 Å². The summed E-state index contributed by atoms with van der Waals surface area (Å²) in [6.45, 7) is 7.35. The molecular formula is C22H30N2O4. The number of para-hydroxylation sites is 4. The first-order valence-corrected chi connectivity index (χ1v) is 9.76. The van der Waals surface area contributed by atoms with Crippen molar-refractivity contribution in [2.24, 2.45) is 0 Å². The average molecular weight is 386 g/mol. The molecule has 0 saturated carbocycles. The first kappa shape index (κ1) is 20.3. The van der Waals surface area contributed by atoms with Gasteiger partial charge in [-0.1, -0.05) is 24.3 Å². The third-order valence-corrected chi connectivity index (χ3v) is 4.93. The minimum absolute atomic E-state index is 0.664. The quantitative estimate of drug-likeness (QED) is 0.626. The van der Waals surface area contributed by atoms with Crippen LogP contribution in [0.15, 0.2) is 48.5 Å². The van der Waals surface area contributed by atoms with Crippen molar-refractivity contribution in [3.63, 3.8) is 0 Å². The molecule has 1 fully saturated rings. The minimum Gasteiger partial charge on any atom is -0.493 e. The van der Waals surface area contributed by atoms with Gasteiger partial charge in [0.25, 0.3) is 0 Å². The minimum atomic E-state index is 0.664. The van der Waals surface area contributed by atoms with Gasteiger partial charge in [-0.2, -0.15) is 0 Å². The summed E-state index contributed by atoms with van der Waals surface area (Å²) < 4.78 is 22.4. The predicted octanol–water partition coefficient (Wildman–Crippen LogP) is 2.78. The third kappa shape index (κ3) is 5.78. The molecule has 6 heteroatoms. The van der Waals surface area contributed by atoms with Crippen LogP contribution in [0.25, 0.3) is 0 Å². The molecule has 0 bridgehead atoms. The molecule has 0 atom stereocenters. The topological polar surface area (TPSA) is 43.4 Å². The van der Waals surface area contributed by atoms with Gasteiger partial charge in [0.1, 0.15) is 13.2 Å². The molecule has 28 heavy (non-hydrogen) atoms. The van der Waals surface area contributed by atoms with Crippen LogP contribution in [0.4, 0.5) is 0 Å². The number of hydrogen-bond donors (Lipinski definition) is 0. The molecule has 2 aromatic carbocycles. The molecule has 0 aliphatic carbocycles. The van der Waals surface area contributed by atoms with Crippen LogP contribution in [0.3, 0.4) is 0 Å². The lowest BCUT2D eigenvalue weighted by molar-refractivity contribution is 0.104. The van der Waals surface area contributed by atoms with E-state index in [-0.39, 0.29) is 0 Å². The molecule has 0 radical (unpaired) electrons. The number of nitrogens with zero attached hydrogens (tertiary/aromatic N) is 2. The van der Waals surface area contributed by atoms with Crippen LogP contribution in [-0.2, 0) is 0 Å². The Balaban J connectivity index is 1.32. The van der Waals surface area contributed by atoms with E-state index in [2.05, 4.69) is 9.80 Å². The predicted molar refractivity (Wildman–Crippen MR) is 110 cm³/mol. The third-order valence-electron chi connectivity index (χ3n) is 4.93. The van der Waals surface area contributed by atoms with Gasteiger partial charge >= 0.3 is 0 Å². The fourth-order valence-electron chi connectivity index (χ4n) is 3.28. The summed E-state index contributed by atoms with van der Waals surface area (Å²) in [6, 6.07) is 15.5. The summed E-state index contributed by atoms with van der Waals surface area (Å²) in [7, 11) is 3.33. The number of piperazine rings is 1. The van der Waals surface area contributed by atoms with Gasteiger partial charge in [-0.25, -0.2) is 0 Å². The van der Waals surface area contributed by atoms with Crippen LogP contribution in [0.5, 0.6) is 23.0 Å². The van der Waals surface area contributed by atoms with Gasteiger partial charge in [-0.3, -0.25) is 9.80 Å². The molecule has 0 unspecified atom stereocenters. The van der Waals surface area contributed by atoms with Crippen molar-refractivity contribution < 1.29 is 18.9 Å². The summed E-state index contributed by atoms with van der Waals surface area (Å²) in [4.78, 5) is 4.87. The van der Waals surface area contributed by atoms with Crippen LogP contribution in [0.1, 0.15) is 0 Å². The SMILES string of the molecule is COc1ccccc1OCCN1CCN(CCOc2ccccc2OC)CC1. The molecule has 1 heterocycles. The molecule has 1 aliphatic heterocycles. The van der Waals surface area contributed by atoms with Crippen LogP contribution < -0.4 is 18.9 Å². The van der Waals surface area contributed by atoms with E-state index >= 15 is 0 Å². The first-order chi connectivity index (χ1) is 13.8. The zero-order chi connectivity index (χ0) is 19.6. The Morgan fingerprint density at radius 3 is 1.32 bits per heavy atom. The highest BCUT2D eigenvalue weighted by Gasteiger charge is 2.17. The molecule has 1 saturated heterocycles. The van der Waals surface area contributed by atoms with Crippen LogP contribution >= 0.6 is 0 Å². The average Bonchev–Trinajstić information content (AvgIpc) is 2.75. The van der Waals surface area contributed by atoms with E-state index in [4.69, 9.17) is 18.9 Å². The van der Waals surface area contributed by atoms with E-state index in [0.717, 1.165) is 62.3 Å². The van der Waals surface area contributed by atoms with Crippen molar-refractivity contribution in [2.75, 3.05) is 66.7 Å². The van der Waals surface area contributed by atoms with Crippen molar-refractivity contribution in [2.45, 2.75) is 0 Å². The molecule has 0 spiro atoms. The second kappa shape index (κ2) is 10.8. The van der Waals surface area contributed by atoms with Gasteiger partial charge in [0.05, 0.1) is 14.2 Å². The summed E-state index contributed by atoms with van der Waals surface area (Å²) in [5.41, 5.74) is 0. The number of hydrogen-bond acceptors (Lipinski definition) is 6. The van der Waals surface area contributed by atoms with E-state index in [9.17, 15) is 0 Å². The van der Waals surface area contributed by atoms with Gasteiger partial charge in [-0.05, 0) is 24.3 Å². The lowest BCUT2D eigenvalue weighted by Crippen LogP contribution is -2.48.